The molecule has 84 heavy (non-hydrogen) atoms. The summed E-state index contributed by atoms with van der Waals surface area (Å²) in [5.41, 5.74) is 41.9. The Labute approximate surface area is 490 Å². The molecule has 0 aliphatic carbocycles. The lowest BCUT2D eigenvalue weighted by atomic mass is 9.97. The van der Waals surface area contributed by atoms with Gasteiger partial charge in [-0.1, -0.05) is 110 Å². The van der Waals surface area contributed by atoms with Crippen molar-refractivity contribution in [2.75, 3.05) is 32.7 Å². The number of hydrogen-bond acceptors (Lipinski definition) is 12. The molecule has 0 unspecified atom stereocenters. The topological polar surface area (TPSA) is 435 Å². The highest BCUT2D eigenvalue weighted by molar-refractivity contribution is 5.98. The molecule has 1 fully saturated rings. The van der Waals surface area contributed by atoms with Crippen LogP contribution in [0.3, 0.4) is 0 Å². The van der Waals surface area contributed by atoms with Gasteiger partial charge in [0.25, 0.3) is 0 Å². The molecule has 0 aromatic heterocycles. The standard InChI is InChI=1S/C59H86N18O7/c1-37-50(78)72-47(29-28-38-16-4-2-5-17-38)54(82)77-49(35-41-22-12-21-40-20-8-9-24-43(40)41)56(84)76-48(34-39-18-6-3-7-19-39)55(83)75-46(27-15-33-69-59(65)66)53(81)74-45(26-14-32-68-58(63)64)52(80)73-44(25-13-31-67-57(61)62)51(79)71-42(36-70-37)23-10-11-30-60/h2-9,12,16-22,24,37,42,44-49,70H,10-11,13-15,23,25-36,60H2,1H3,(H,71,79)(H,72,78)(H,73,80)(H,74,81)(H,75,83)(H,76,84)(H,77,82)(H4,61,62,67)(H4,63,64,68)(H4,65,66,69)/t37-,42-,44-,45-,46+,47-,48+,49-/m0/s1. The minimum Gasteiger partial charge on any atom is -0.370 e. The molecular weight excluding hydrogens is 1070 g/mol. The number of fused-ring (bicyclic) bond motifs is 1. The molecule has 25 nitrogen and oxygen atoms in total. The van der Waals surface area contributed by atoms with E-state index in [1.54, 1.807) is 37.3 Å². The van der Waals surface area contributed by atoms with Crippen LogP contribution in [0.4, 0.5) is 0 Å². The second-order valence-corrected chi connectivity index (χ2v) is 20.9. The first kappa shape index (κ1) is 66.0. The lowest BCUT2D eigenvalue weighted by Crippen LogP contribution is -2.61. The number of aliphatic imine (C=N–C) groups is 3. The van der Waals surface area contributed by atoms with Crippen LogP contribution in [-0.2, 0) is 52.8 Å². The van der Waals surface area contributed by atoms with Crippen LogP contribution in [-0.4, -0.2) is 140 Å². The zero-order chi connectivity index (χ0) is 60.8. The molecule has 1 heterocycles. The number of carbonyl (C=O) groups is 7. The number of carbonyl (C=O) groups excluding carboxylic acids is 7. The second kappa shape index (κ2) is 35.2. The van der Waals surface area contributed by atoms with Crippen LogP contribution in [0.2, 0.25) is 0 Å². The van der Waals surface area contributed by atoms with E-state index in [-0.39, 0.29) is 102 Å². The summed E-state index contributed by atoms with van der Waals surface area (Å²) in [6.07, 6.45) is 2.65. The van der Waals surface area contributed by atoms with Crippen molar-refractivity contribution in [3.63, 3.8) is 0 Å². The van der Waals surface area contributed by atoms with Crippen molar-refractivity contribution >= 4 is 70.0 Å². The Morgan fingerprint density at radius 3 is 1.36 bits per heavy atom. The number of aryl methyl sites for hydroxylation is 1. The fraction of sp³-hybridized carbons (Fsp3) is 0.458. The molecule has 1 saturated heterocycles. The normalized spacial score (nSPS) is 21.6. The van der Waals surface area contributed by atoms with Crippen molar-refractivity contribution in [1.29, 1.82) is 0 Å². The number of rotatable bonds is 23. The van der Waals surface area contributed by atoms with Crippen molar-refractivity contribution in [2.24, 2.45) is 55.1 Å². The summed E-state index contributed by atoms with van der Waals surface area (Å²) in [6, 6.07) is 22.3. The third kappa shape index (κ3) is 23.2. The number of nitrogens with two attached hydrogens (primary N) is 7. The van der Waals surface area contributed by atoms with E-state index in [9.17, 15) is 28.8 Å². The number of nitrogens with one attached hydrogen (secondary N) is 8. The minimum atomic E-state index is -1.36. The number of benzene rings is 4. The Kier molecular flexibility index (Phi) is 27.7. The van der Waals surface area contributed by atoms with Crippen LogP contribution >= 0.6 is 0 Å². The van der Waals surface area contributed by atoms with E-state index in [4.69, 9.17) is 40.1 Å². The van der Waals surface area contributed by atoms with Crippen LogP contribution in [0.25, 0.3) is 10.8 Å². The quantitative estimate of drug-likeness (QED) is 0.0239. The largest absolute Gasteiger partial charge is 0.370 e. The van der Waals surface area contributed by atoms with Gasteiger partial charge in [0.1, 0.15) is 36.3 Å². The SMILES string of the molecule is C[C@@H]1NC[C@H](CCCCN)NC(=O)[C@H](CCCN=C(N)N)NC(=O)[C@H](CCCN=C(N)N)NC(=O)[C@@H](CCCN=C(N)N)NC(=O)[C@@H](Cc2ccccc2)NC(=O)[C@H](Cc2cccc3ccccc23)NC(=O)[C@H](CCc2ccccc2)NC1=O. The monoisotopic (exact) mass is 1160 g/mol. The Hall–Kier alpha value is -8.84. The summed E-state index contributed by atoms with van der Waals surface area (Å²) >= 11 is 0. The fourth-order valence-electron chi connectivity index (χ4n) is 9.63. The molecule has 1 aliphatic rings. The van der Waals surface area contributed by atoms with Crippen molar-refractivity contribution in [3.05, 3.63) is 120 Å². The van der Waals surface area contributed by atoms with Crippen molar-refractivity contribution < 1.29 is 33.6 Å². The van der Waals surface area contributed by atoms with E-state index in [1.807, 2.05) is 72.8 Å². The maximum Gasteiger partial charge on any atom is 0.243 e. The maximum absolute atomic E-state index is 15.2. The minimum absolute atomic E-state index is 0.0272. The maximum atomic E-state index is 15.2. The molecule has 0 saturated carbocycles. The third-order valence-electron chi connectivity index (χ3n) is 14.2. The predicted molar refractivity (Wildman–Crippen MR) is 326 cm³/mol. The molecule has 0 spiro atoms. The summed E-state index contributed by atoms with van der Waals surface area (Å²) in [7, 11) is 0. The molecule has 4 aromatic carbocycles. The molecule has 7 amide bonds. The highest BCUT2D eigenvalue weighted by atomic mass is 16.2. The highest BCUT2D eigenvalue weighted by Gasteiger charge is 2.35. The Bertz CT molecular complexity index is 2860. The van der Waals surface area contributed by atoms with E-state index in [2.05, 4.69) is 57.5 Å². The highest BCUT2D eigenvalue weighted by Crippen LogP contribution is 2.21. The van der Waals surface area contributed by atoms with Gasteiger partial charge >= 0.3 is 0 Å². The van der Waals surface area contributed by atoms with Gasteiger partial charge in [-0.2, -0.15) is 0 Å². The smallest absolute Gasteiger partial charge is 0.243 e. The summed E-state index contributed by atoms with van der Waals surface area (Å²) in [5, 5.41) is 25.3. The molecule has 8 atom stereocenters. The van der Waals surface area contributed by atoms with Crippen LogP contribution in [0, 0.1) is 0 Å². The average molecular weight is 1160 g/mol. The van der Waals surface area contributed by atoms with E-state index >= 15 is 4.79 Å². The molecule has 22 N–H and O–H groups in total. The molecule has 454 valence electrons. The first-order valence-corrected chi connectivity index (χ1v) is 28.7. The van der Waals surface area contributed by atoms with E-state index in [1.165, 1.54) is 0 Å². The van der Waals surface area contributed by atoms with Gasteiger partial charge < -0.3 is 82.7 Å². The fourth-order valence-corrected chi connectivity index (χ4v) is 9.63. The van der Waals surface area contributed by atoms with Gasteiger partial charge in [-0.15, -0.1) is 0 Å². The van der Waals surface area contributed by atoms with Gasteiger partial charge in [0.2, 0.25) is 41.4 Å². The van der Waals surface area contributed by atoms with Gasteiger partial charge in [0, 0.05) is 45.1 Å². The molecule has 4 aromatic rings. The number of nitrogens with zero attached hydrogens (tertiary/aromatic N) is 3. The second-order valence-electron chi connectivity index (χ2n) is 20.9. The Morgan fingerprint density at radius 2 is 0.845 bits per heavy atom. The van der Waals surface area contributed by atoms with Crippen LogP contribution in [0.15, 0.2) is 118 Å². The lowest BCUT2D eigenvalue weighted by Gasteiger charge is -2.29. The molecule has 25 heteroatoms. The van der Waals surface area contributed by atoms with Gasteiger partial charge in [-0.25, -0.2) is 0 Å². The zero-order valence-corrected chi connectivity index (χ0v) is 47.9. The van der Waals surface area contributed by atoms with E-state index < -0.39 is 89.7 Å². The summed E-state index contributed by atoms with van der Waals surface area (Å²) in [6.45, 7) is 2.36. The summed E-state index contributed by atoms with van der Waals surface area (Å²) in [5.74, 6) is -5.35. The van der Waals surface area contributed by atoms with Crippen molar-refractivity contribution in [2.45, 2.75) is 139 Å². The van der Waals surface area contributed by atoms with Crippen molar-refractivity contribution in [3.8, 4) is 0 Å². The van der Waals surface area contributed by atoms with Gasteiger partial charge in [0.05, 0.1) is 6.04 Å². The first-order valence-electron chi connectivity index (χ1n) is 28.7. The third-order valence-corrected chi connectivity index (χ3v) is 14.2. The van der Waals surface area contributed by atoms with E-state index in [0.29, 0.717) is 43.4 Å². The lowest BCUT2D eigenvalue weighted by molar-refractivity contribution is -0.135. The van der Waals surface area contributed by atoms with Gasteiger partial charge in [-0.05, 0) is 105 Å². The number of guanidine groups is 3. The predicted octanol–water partition coefficient (Wildman–Crippen LogP) is -1.07. The van der Waals surface area contributed by atoms with Gasteiger partial charge in [0.15, 0.2) is 17.9 Å². The van der Waals surface area contributed by atoms with E-state index in [0.717, 1.165) is 16.3 Å². The molecule has 0 bridgehead atoms. The zero-order valence-electron chi connectivity index (χ0n) is 47.9. The van der Waals surface area contributed by atoms with Crippen molar-refractivity contribution in [1.82, 2.24) is 42.5 Å². The molecule has 0 radical (unpaired) electrons. The first-order chi connectivity index (χ1) is 40.4. The molecular formula is C59H86N18O7. The van der Waals surface area contributed by atoms with Crippen LogP contribution < -0.4 is 82.7 Å². The van der Waals surface area contributed by atoms with Crippen LogP contribution in [0.1, 0.15) is 87.8 Å². The Balaban J connectivity index is 1.63. The van der Waals surface area contributed by atoms with Gasteiger partial charge in [-0.3, -0.25) is 48.5 Å². The molecule has 1 aliphatic heterocycles. The van der Waals surface area contributed by atoms with Crippen LogP contribution in [0.5, 0.6) is 0 Å². The Morgan fingerprint density at radius 1 is 0.429 bits per heavy atom. The summed E-state index contributed by atoms with van der Waals surface area (Å²) in [4.78, 5) is 116. The average Bonchev–Trinajstić information content (AvgIpc) is 3.68. The number of unbranched alkanes of at least 4 members (excludes halogenated alkanes) is 1. The number of amides is 7. The molecule has 5 rings (SSSR count). The summed E-state index contributed by atoms with van der Waals surface area (Å²) < 4.78 is 0. The number of hydrogen-bond donors (Lipinski definition) is 15.